The molecule has 0 bridgehead atoms. The summed E-state index contributed by atoms with van der Waals surface area (Å²) in [5.41, 5.74) is 1.24. The van der Waals surface area contributed by atoms with E-state index in [0.717, 1.165) is 22.3 Å². The third kappa shape index (κ3) is 4.04. The van der Waals surface area contributed by atoms with Crippen molar-refractivity contribution in [2.75, 3.05) is 6.61 Å². The zero-order chi connectivity index (χ0) is 23.6. The van der Waals surface area contributed by atoms with Crippen LogP contribution in [-0.2, 0) is 41.8 Å². The van der Waals surface area contributed by atoms with Crippen LogP contribution in [0.2, 0.25) is 0 Å². The summed E-state index contributed by atoms with van der Waals surface area (Å²) in [7, 11) is 0. The van der Waals surface area contributed by atoms with E-state index in [9.17, 15) is 14.4 Å². The molecule has 2 fully saturated rings. The third-order valence-electron chi connectivity index (χ3n) is 6.95. The van der Waals surface area contributed by atoms with Gasteiger partial charge >= 0.3 is 17.9 Å². The van der Waals surface area contributed by atoms with E-state index >= 15 is 0 Å². The number of carbonyl (C=O) groups is 3. The topological polar surface area (TPSA) is 78.9 Å². The molecule has 0 radical (unpaired) electrons. The SMILES string of the molecule is O=C(OCc1ccccc1)C1(C(=O)OCc2ccccc2)CC2=CC[C@]3(C=C2C1)CCOC3=O. The van der Waals surface area contributed by atoms with E-state index in [1.807, 2.05) is 72.8 Å². The van der Waals surface area contributed by atoms with Crippen LogP contribution in [0.3, 0.4) is 0 Å². The Balaban J connectivity index is 1.40. The van der Waals surface area contributed by atoms with Crippen molar-refractivity contribution in [3.05, 3.63) is 95.1 Å². The quantitative estimate of drug-likeness (QED) is 0.362. The van der Waals surface area contributed by atoms with Crippen molar-refractivity contribution in [1.29, 1.82) is 0 Å². The number of carbonyl (C=O) groups excluding carboxylic acids is 3. The molecule has 0 unspecified atom stereocenters. The Kier molecular flexibility index (Phi) is 5.82. The maximum atomic E-state index is 13.4. The molecule has 0 aromatic heterocycles. The largest absolute Gasteiger partial charge is 0.465 e. The highest BCUT2D eigenvalue weighted by atomic mass is 16.6. The molecule has 6 nitrogen and oxygen atoms in total. The van der Waals surface area contributed by atoms with Gasteiger partial charge in [0.1, 0.15) is 13.2 Å². The highest BCUT2D eigenvalue weighted by molar-refractivity contribution is 6.02. The number of fused-ring (bicyclic) bond motifs is 1. The first-order valence-electron chi connectivity index (χ1n) is 11.5. The van der Waals surface area contributed by atoms with Crippen LogP contribution < -0.4 is 0 Å². The van der Waals surface area contributed by atoms with Gasteiger partial charge in [0.2, 0.25) is 0 Å². The number of hydrogen-bond acceptors (Lipinski definition) is 6. The molecule has 1 saturated heterocycles. The van der Waals surface area contributed by atoms with Gasteiger partial charge in [-0.1, -0.05) is 72.8 Å². The fraction of sp³-hybridized carbons (Fsp3) is 0.321. The van der Waals surface area contributed by atoms with E-state index < -0.39 is 22.8 Å². The van der Waals surface area contributed by atoms with Crippen LogP contribution in [0.1, 0.15) is 36.8 Å². The molecule has 0 N–H and O–H groups in total. The van der Waals surface area contributed by atoms with E-state index in [0.29, 0.717) is 19.4 Å². The van der Waals surface area contributed by atoms with Gasteiger partial charge in [-0.3, -0.25) is 14.4 Å². The Bertz CT molecular complexity index is 1110. The predicted octanol–water partition coefficient (Wildman–Crippen LogP) is 4.44. The summed E-state index contributed by atoms with van der Waals surface area (Å²) < 4.78 is 16.5. The summed E-state index contributed by atoms with van der Waals surface area (Å²) >= 11 is 0. The molecular weight excluding hydrogens is 432 g/mol. The van der Waals surface area contributed by atoms with E-state index in [1.165, 1.54) is 0 Å². The first-order valence-corrected chi connectivity index (χ1v) is 11.5. The van der Waals surface area contributed by atoms with Gasteiger partial charge in [-0.05, 0) is 41.5 Å². The summed E-state index contributed by atoms with van der Waals surface area (Å²) in [6, 6.07) is 18.7. The predicted molar refractivity (Wildman–Crippen MR) is 123 cm³/mol. The molecule has 1 aliphatic heterocycles. The molecule has 5 rings (SSSR count). The minimum absolute atomic E-state index is 0.0712. The van der Waals surface area contributed by atoms with Gasteiger partial charge < -0.3 is 14.2 Å². The van der Waals surface area contributed by atoms with Crippen LogP contribution in [0.4, 0.5) is 0 Å². The molecule has 1 atom stereocenters. The Morgan fingerprint density at radius 3 is 1.91 bits per heavy atom. The molecule has 1 saturated carbocycles. The van der Waals surface area contributed by atoms with E-state index in [2.05, 4.69) is 0 Å². The first kappa shape index (κ1) is 22.1. The highest BCUT2D eigenvalue weighted by Gasteiger charge is 2.56. The van der Waals surface area contributed by atoms with E-state index in [-0.39, 0.29) is 32.0 Å². The Hall–Kier alpha value is -3.67. The average Bonchev–Trinajstić information content (AvgIpc) is 3.43. The minimum atomic E-state index is -1.48. The normalized spacial score (nSPS) is 22.4. The summed E-state index contributed by atoms with van der Waals surface area (Å²) in [6.07, 6.45) is 5.34. The number of hydrogen-bond donors (Lipinski definition) is 0. The van der Waals surface area contributed by atoms with Gasteiger partial charge in [-0.2, -0.15) is 0 Å². The number of cyclic esters (lactones) is 1. The molecule has 174 valence electrons. The van der Waals surface area contributed by atoms with Crippen LogP contribution in [0, 0.1) is 10.8 Å². The summed E-state index contributed by atoms with van der Waals surface area (Å²) in [6.45, 7) is 0.526. The molecule has 1 spiro atoms. The van der Waals surface area contributed by atoms with Crippen molar-refractivity contribution in [2.45, 2.75) is 38.9 Å². The Morgan fingerprint density at radius 1 is 0.824 bits per heavy atom. The van der Waals surface area contributed by atoms with Gasteiger partial charge in [-0.15, -0.1) is 0 Å². The monoisotopic (exact) mass is 458 g/mol. The van der Waals surface area contributed by atoms with Crippen molar-refractivity contribution in [2.24, 2.45) is 10.8 Å². The number of benzene rings is 2. The van der Waals surface area contributed by atoms with Crippen molar-refractivity contribution in [1.82, 2.24) is 0 Å². The smallest absolute Gasteiger partial charge is 0.324 e. The zero-order valence-electron chi connectivity index (χ0n) is 18.8. The molecule has 0 amide bonds. The molecular formula is C28H26O6. The van der Waals surface area contributed by atoms with E-state index in [1.54, 1.807) is 0 Å². The van der Waals surface area contributed by atoms with Gasteiger partial charge in [0.05, 0.1) is 12.0 Å². The van der Waals surface area contributed by atoms with Crippen LogP contribution >= 0.6 is 0 Å². The van der Waals surface area contributed by atoms with Gasteiger partial charge in [0.15, 0.2) is 5.41 Å². The fourth-order valence-electron chi connectivity index (χ4n) is 4.97. The summed E-state index contributed by atoms with van der Waals surface area (Å²) in [5, 5.41) is 0. The lowest BCUT2D eigenvalue weighted by atomic mass is 9.77. The Labute approximate surface area is 198 Å². The fourth-order valence-corrected chi connectivity index (χ4v) is 4.97. The van der Waals surface area contributed by atoms with Crippen LogP contribution in [0.5, 0.6) is 0 Å². The Morgan fingerprint density at radius 2 is 1.38 bits per heavy atom. The van der Waals surface area contributed by atoms with Crippen molar-refractivity contribution in [3.8, 4) is 0 Å². The van der Waals surface area contributed by atoms with Crippen molar-refractivity contribution in [3.63, 3.8) is 0 Å². The van der Waals surface area contributed by atoms with Crippen LogP contribution in [-0.4, -0.2) is 24.5 Å². The standard InChI is InChI=1S/C28H26O6/c29-24-27(13-14-32-24)12-11-22-16-28(17-23(22)15-27,25(30)33-18-20-7-3-1-4-8-20)26(31)34-19-21-9-5-2-6-10-21/h1-11,15H,12-14,16-19H2/t27-/m1/s1. The first-order chi connectivity index (χ1) is 16.5. The summed E-state index contributed by atoms with van der Waals surface area (Å²) in [5.74, 6) is -1.45. The lowest BCUT2D eigenvalue weighted by molar-refractivity contribution is -0.173. The van der Waals surface area contributed by atoms with Crippen LogP contribution in [0.15, 0.2) is 84.0 Å². The number of esters is 3. The lowest BCUT2D eigenvalue weighted by Crippen LogP contribution is -2.39. The molecule has 6 heteroatoms. The van der Waals surface area contributed by atoms with Crippen LogP contribution in [0.25, 0.3) is 0 Å². The summed E-state index contributed by atoms with van der Waals surface area (Å²) in [4.78, 5) is 39.3. The maximum absolute atomic E-state index is 13.4. The van der Waals surface area contributed by atoms with Crippen molar-refractivity contribution < 1.29 is 28.6 Å². The second-order valence-electron chi connectivity index (χ2n) is 9.20. The molecule has 34 heavy (non-hydrogen) atoms. The number of allylic oxidation sites excluding steroid dienone is 3. The average molecular weight is 459 g/mol. The van der Waals surface area contributed by atoms with Gasteiger partial charge in [0, 0.05) is 6.42 Å². The lowest BCUT2D eigenvalue weighted by Gasteiger charge is -2.24. The second kappa shape index (κ2) is 8.93. The highest BCUT2D eigenvalue weighted by Crippen LogP contribution is 2.53. The van der Waals surface area contributed by atoms with Crippen molar-refractivity contribution >= 4 is 17.9 Å². The molecule has 3 aliphatic rings. The second-order valence-corrected chi connectivity index (χ2v) is 9.20. The zero-order valence-corrected chi connectivity index (χ0v) is 18.8. The minimum Gasteiger partial charge on any atom is -0.465 e. The maximum Gasteiger partial charge on any atom is 0.324 e. The molecule has 2 aromatic carbocycles. The molecule has 2 aromatic rings. The number of ether oxygens (including phenoxy) is 3. The van der Waals surface area contributed by atoms with E-state index in [4.69, 9.17) is 14.2 Å². The molecule has 1 heterocycles. The number of rotatable bonds is 6. The van der Waals surface area contributed by atoms with Gasteiger partial charge in [-0.25, -0.2) is 0 Å². The van der Waals surface area contributed by atoms with Gasteiger partial charge in [0.25, 0.3) is 0 Å². The third-order valence-corrected chi connectivity index (χ3v) is 6.95. The molecule has 2 aliphatic carbocycles.